The van der Waals surface area contributed by atoms with Crippen LogP contribution in [0.1, 0.15) is 25.5 Å². The van der Waals surface area contributed by atoms with E-state index in [2.05, 4.69) is 78.3 Å². The maximum Gasteiger partial charge on any atom is 0.241 e. The van der Waals surface area contributed by atoms with Crippen LogP contribution in [0, 0.1) is 6.92 Å². The van der Waals surface area contributed by atoms with Crippen LogP contribution < -0.4 is 4.57 Å². The average molecular weight is 370 g/mol. The van der Waals surface area contributed by atoms with Gasteiger partial charge in [-0.15, -0.1) is 0 Å². The zero-order chi connectivity index (χ0) is 12.9. The number of para-hydroxylation sites is 1. The molecule has 0 N–H and O–H groups in total. The van der Waals surface area contributed by atoms with Crippen molar-refractivity contribution in [3.63, 3.8) is 0 Å². The van der Waals surface area contributed by atoms with Crippen molar-refractivity contribution in [2.75, 3.05) is 5.75 Å². The molecule has 1 atom stereocenters. The normalized spacial score (nSPS) is 19.2. The van der Waals surface area contributed by atoms with Crippen LogP contribution in [0.25, 0.3) is 10.9 Å². The lowest BCUT2D eigenvalue weighted by atomic mass is 10.0. The van der Waals surface area contributed by atoms with Gasteiger partial charge >= 0.3 is 0 Å². The molecule has 1 aromatic carbocycles. The molecule has 1 aliphatic rings. The van der Waals surface area contributed by atoms with Crippen molar-refractivity contribution in [1.82, 2.24) is 0 Å². The van der Waals surface area contributed by atoms with Crippen molar-refractivity contribution in [2.45, 2.75) is 35.3 Å². The summed E-state index contributed by atoms with van der Waals surface area (Å²) in [4.78, 5) is 0. The molecule has 3 heteroatoms. The van der Waals surface area contributed by atoms with Crippen molar-refractivity contribution in [2.24, 2.45) is 0 Å². The Labute approximate surface area is 126 Å². The highest BCUT2D eigenvalue weighted by Crippen LogP contribution is 2.39. The molecule has 0 bridgehead atoms. The Hall–Kier alpha value is -0.290. The topological polar surface area (TPSA) is 3.88 Å². The minimum atomic E-state index is 0.276. The predicted octanol–water partition coefficient (Wildman–Crippen LogP) is 4.30. The van der Waals surface area contributed by atoms with Crippen LogP contribution >= 0.6 is 34.4 Å². The number of rotatable bonds is 1. The minimum Gasteiger partial charge on any atom is -0.181 e. The van der Waals surface area contributed by atoms with Gasteiger partial charge in [-0.25, -0.2) is 0 Å². The Kier molecular flexibility index (Phi) is 3.09. The van der Waals surface area contributed by atoms with Crippen molar-refractivity contribution in [3.05, 3.63) is 35.9 Å². The Morgan fingerprint density at radius 2 is 2.06 bits per heavy atom. The van der Waals surface area contributed by atoms with Gasteiger partial charge in [-0.2, -0.15) is 4.57 Å². The second-order valence-corrected chi connectivity index (χ2v) is 9.26. The van der Waals surface area contributed by atoms with E-state index in [-0.39, 0.29) is 3.42 Å². The Bertz CT molecular complexity index is 616. The maximum atomic E-state index is 2.58. The molecular formula is C15H17INS+. The van der Waals surface area contributed by atoms with Gasteiger partial charge < -0.3 is 0 Å². The summed E-state index contributed by atoms with van der Waals surface area (Å²) < 4.78 is 2.82. The van der Waals surface area contributed by atoms with E-state index in [4.69, 9.17) is 0 Å². The first kappa shape index (κ1) is 12.7. The predicted molar refractivity (Wildman–Crippen MR) is 86.7 cm³/mol. The number of aromatic nitrogens is 1. The highest BCUT2D eigenvalue weighted by atomic mass is 127. The Morgan fingerprint density at radius 1 is 1.33 bits per heavy atom. The number of aryl methyl sites for hydroxylation is 1. The molecule has 1 unspecified atom stereocenters. The molecule has 0 saturated heterocycles. The van der Waals surface area contributed by atoms with E-state index in [1.54, 1.807) is 0 Å². The van der Waals surface area contributed by atoms with Gasteiger partial charge in [0, 0.05) is 17.5 Å². The number of benzene rings is 1. The molecule has 2 heterocycles. The van der Waals surface area contributed by atoms with Crippen molar-refractivity contribution >= 4 is 45.3 Å². The number of nitrogens with zero attached hydrogens (tertiary/aromatic N) is 1. The largest absolute Gasteiger partial charge is 0.241 e. The van der Waals surface area contributed by atoms with E-state index < -0.39 is 0 Å². The molecule has 3 rings (SSSR count). The zero-order valence-electron chi connectivity index (χ0n) is 10.9. The van der Waals surface area contributed by atoms with Gasteiger partial charge in [-0.3, -0.25) is 0 Å². The smallest absolute Gasteiger partial charge is 0.181 e. The van der Waals surface area contributed by atoms with Crippen LogP contribution in [0.5, 0.6) is 0 Å². The highest BCUT2D eigenvalue weighted by molar-refractivity contribution is 14.1. The van der Waals surface area contributed by atoms with Crippen molar-refractivity contribution in [1.29, 1.82) is 0 Å². The number of hydrogen-bond acceptors (Lipinski definition) is 1. The van der Waals surface area contributed by atoms with Crippen molar-refractivity contribution in [3.8, 4) is 0 Å². The standard InChI is InChI=1S/C15H17INS/c1-10-8-14-17(12-7-5-4-6-11(10)12)13(9-18-14)15(2,3)16/h4-8,13H,9H2,1-3H3/q+1. The average Bonchev–Trinajstić information content (AvgIpc) is 2.73. The summed E-state index contributed by atoms with van der Waals surface area (Å²) in [5.74, 6) is 1.18. The van der Waals surface area contributed by atoms with Gasteiger partial charge in [0.05, 0.1) is 9.17 Å². The summed E-state index contributed by atoms with van der Waals surface area (Å²) in [5, 5.41) is 2.80. The van der Waals surface area contributed by atoms with Gasteiger partial charge in [0.2, 0.25) is 10.5 Å². The minimum absolute atomic E-state index is 0.276. The molecule has 94 valence electrons. The number of halogens is 1. The van der Waals surface area contributed by atoms with Crippen LogP contribution in [-0.4, -0.2) is 9.17 Å². The maximum absolute atomic E-state index is 2.58. The third-order valence-electron chi connectivity index (χ3n) is 3.66. The number of alkyl halides is 1. The molecule has 0 spiro atoms. The summed E-state index contributed by atoms with van der Waals surface area (Å²) in [5.41, 5.74) is 2.77. The highest BCUT2D eigenvalue weighted by Gasteiger charge is 2.43. The summed E-state index contributed by atoms with van der Waals surface area (Å²) in [7, 11) is 0. The second kappa shape index (κ2) is 4.37. The molecule has 1 aromatic heterocycles. The fourth-order valence-electron chi connectivity index (χ4n) is 2.65. The van der Waals surface area contributed by atoms with E-state index in [9.17, 15) is 0 Å². The van der Waals surface area contributed by atoms with E-state index >= 15 is 0 Å². The van der Waals surface area contributed by atoms with Crippen LogP contribution in [0.2, 0.25) is 0 Å². The number of fused-ring (bicyclic) bond motifs is 3. The molecular weight excluding hydrogens is 353 g/mol. The Morgan fingerprint density at radius 3 is 2.78 bits per heavy atom. The molecule has 1 aliphatic heterocycles. The van der Waals surface area contributed by atoms with E-state index in [0.29, 0.717) is 6.04 Å². The third-order valence-corrected chi connectivity index (χ3v) is 5.47. The van der Waals surface area contributed by atoms with Gasteiger partial charge in [0.15, 0.2) is 6.04 Å². The first-order valence-electron chi connectivity index (χ1n) is 6.24. The van der Waals surface area contributed by atoms with E-state index in [0.717, 1.165) is 0 Å². The van der Waals surface area contributed by atoms with Gasteiger partial charge in [-0.1, -0.05) is 46.5 Å². The third kappa shape index (κ3) is 1.95. The number of thioether (sulfide) groups is 1. The monoisotopic (exact) mass is 370 g/mol. The fraction of sp³-hybridized carbons (Fsp3) is 0.400. The van der Waals surface area contributed by atoms with Crippen LogP contribution in [-0.2, 0) is 0 Å². The van der Waals surface area contributed by atoms with E-state index in [1.165, 1.54) is 27.2 Å². The molecule has 1 nitrogen and oxygen atoms in total. The lowest BCUT2D eigenvalue weighted by Gasteiger charge is -2.20. The van der Waals surface area contributed by atoms with Crippen LogP contribution in [0.15, 0.2) is 35.4 Å². The molecule has 0 aliphatic carbocycles. The molecule has 18 heavy (non-hydrogen) atoms. The first-order valence-corrected chi connectivity index (χ1v) is 8.30. The lowest BCUT2D eigenvalue weighted by Crippen LogP contribution is -2.47. The second-order valence-electron chi connectivity index (χ2n) is 5.44. The quantitative estimate of drug-likeness (QED) is 0.411. The summed E-state index contributed by atoms with van der Waals surface area (Å²) in [6.45, 7) is 6.87. The van der Waals surface area contributed by atoms with Gasteiger partial charge in [-0.05, 0) is 32.4 Å². The fourth-order valence-corrected chi connectivity index (χ4v) is 4.96. The molecule has 0 amide bonds. The molecule has 2 aromatic rings. The zero-order valence-corrected chi connectivity index (χ0v) is 13.9. The molecule has 0 radical (unpaired) electrons. The number of hydrogen-bond donors (Lipinski definition) is 0. The lowest BCUT2D eigenvalue weighted by molar-refractivity contribution is -0.725. The first-order chi connectivity index (χ1) is 8.48. The molecule has 0 saturated carbocycles. The van der Waals surface area contributed by atoms with Crippen LogP contribution in [0.4, 0.5) is 0 Å². The summed E-state index contributed by atoms with van der Waals surface area (Å²) in [6, 6.07) is 11.7. The Balaban J connectivity index is 2.33. The van der Waals surface area contributed by atoms with E-state index in [1.807, 2.05) is 11.8 Å². The SMILES string of the molecule is Cc1cc2[n+](c3ccccc13)C(C(C)(C)I)CS2. The van der Waals surface area contributed by atoms with Gasteiger partial charge in [0.1, 0.15) is 0 Å². The van der Waals surface area contributed by atoms with Crippen molar-refractivity contribution < 1.29 is 4.57 Å². The molecule has 0 fully saturated rings. The van der Waals surface area contributed by atoms with Crippen LogP contribution in [0.3, 0.4) is 0 Å². The summed E-state index contributed by atoms with van der Waals surface area (Å²) >= 11 is 4.57. The number of pyridine rings is 1. The summed E-state index contributed by atoms with van der Waals surface area (Å²) in [6.07, 6.45) is 0. The van der Waals surface area contributed by atoms with Gasteiger partial charge in [0.25, 0.3) is 0 Å².